The van der Waals surface area contributed by atoms with E-state index in [2.05, 4.69) is 4.98 Å². The Bertz CT molecular complexity index is 261. The molecule has 1 rings (SSSR count). The lowest BCUT2D eigenvalue weighted by Crippen LogP contribution is -2.21. The van der Waals surface area contributed by atoms with Crippen LogP contribution in [0.4, 0.5) is 4.79 Å². The van der Waals surface area contributed by atoms with Crippen molar-refractivity contribution in [2.24, 2.45) is 0 Å². The number of aromatic nitrogens is 1. The monoisotopic (exact) mass is 186 g/mol. The van der Waals surface area contributed by atoms with Crippen LogP contribution in [0.1, 0.15) is 20.8 Å². The zero-order valence-corrected chi connectivity index (χ0v) is 8.22. The quantitative estimate of drug-likeness (QED) is 0.500. The molecule has 4 heteroatoms. The number of ether oxygens (including phenoxy) is 1. The van der Waals surface area contributed by atoms with Crippen molar-refractivity contribution in [2.45, 2.75) is 26.4 Å². The molecule has 0 aliphatic heterocycles. The summed E-state index contributed by atoms with van der Waals surface area (Å²) in [6.45, 7) is 5.56. The molecule has 0 aliphatic carbocycles. The molecular weight excluding hydrogens is 174 g/mol. The van der Waals surface area contributed by atoms with Gasteiger partial charge in [0.1, 0.15) is 16.1 Å². The fourth-order valence-electron chi connectivity index (χ4n) is 0.633. The highest BCUT2D eigenvalue weighted by molar-refractivity contribution is 7.48. The molecule has 66 valence electrons. The van der Waals surface area contributed by atoms with Crippen molar-refractivity contribution in [3.8, 4) is 0 Å². The van der Waals surface area contributed by atoms with Crippen LogP contribution in [0.2, 0.25) is 0 Å². The Hall–Kier alpha value is -0.900. The number of thiazole rings is 1. The maximum absolute atomic E-state index is 11.3. The fraction of sp³-hybridized carbons (Fsp3) is 0.500. The molecule has 12 heavy (non-hydrogen) atoms. The van der Waals surface area contributed by atoms with Gasteiger partial charge in [-0.25, -0.2) is 4.98 Å². The molecule has 0 radical (unpaired) electrons. The Morgan fingerprint density at radius 2 is 2.17 bits per heavy atom. The predicted molar refractivity (Wildman–Crippen MR) is 48.3 cm³/mol. The number of hydrogen-bond acceptors (Lipinski definition) is 3. The van der Waals surface area contributed by atoms with Crippen molar-refractivity contribution >= 4 is 15.8 Å². The molecular formula is C8H12NO2S+. The molecule has 0 spiro atoms. The van der Waals surface area contributed by atoms with Crippen LogP contribution in [0.5, 0.6) is 0 Å². The van der Waals surface area contributed by atoms with Crippen LogP contribution in [0.15, 0.2) is 17.1 Å². The summed E-state index contributed by atoms with van der Waals surface area (Å²) in [5.74, 6) is 0. The van der Waals surface area contributed by atoms with Crippen molar-refractivity contribution in [1.82, 2.24) is 4.98 Å². The van der Waals surface area contributed by atoms with Crippen LogP contribution in [0, 0.1) is 0 Å². The van der Waals surface area contributed by atoms with Gasteiger partial charge in [0.25, 0.3) is 0 Å². The van der Waals surface area contributed by atoms with E-state index in [1.807, 2.05) is 20.8 Å². The molecule has 0 saturated carbocycles. The summed E-state index contributed by atoms with van der Waals surface area (Å²) in [6.07, 6.45) is 1.62. The molecule has 0 N–H and O–H groups in total. The highest BCUT2D eigenvalue weighted by Gasteiger charge is 2.25. The smallest absolute Gasteiger partial charge is 0.416 e. The van der Waals surface area contributed by atoms with E-state index >= 15 is 0 Å². The molecule has 1 heterocycles. The molecule has 1 aromatic heterocycles. The molecule has 0 amide bonds. The van der Waals surface area contributed by atoms with E-state index in [1.165, 1.54) is 0 Å². The number of hydrogen-bond donors (Lipinski definition) is 0. The van der Waals surface area contributed by atoms with E-state index in [0.29, 0.717) is 0 Å². The first-order chi connectivity index (χ1) is 5.49. The lowest BCUT2D eigenvalue weighted by Gasteiger charge is -2.15. The minimum absolute atomic E-state index is 0.208. The Morgan fingerprint density at radius 1 is 1.50 bits per heavy atom. The van der Waals surface area contributed by atoms with Crippen LogP contribution in [0.3, 0.4) is 0 Å². The van der Waals surface area contributed by atoms with Crippen LogP contribution in [0.25, 0.3) is 0 Å². The Kier molecular flexibility index (Phi) is 2.47. The van der Waals surface area contributed by atoms with Gasteiger partial charge in [0.2, 0.25) is 5.51 Å². The fourth-order valence-corrected chi connectivity index (χ4v) is 1.65. The van der Waals surface area contributed by atoms with Gasteiger partial charge in [-0.3, -0.25) is 0 Å². The normalized spacial score (nSPS) is 12.8. The SMILES string of the molecule is CC(C)(C)OC(=O)[s+]1ccnc1. The lowest BCUT2D eigenvalue weighted by atomic mass is 10.2. The van der Waals surface area contributed by atoms with Crippen molar-refractivity contribution in [3.05, 3.63) is 17.1 Å². The minimum atomic E-state index is -0.552. The van der Waals surface area contributed by atoms with E-state index in [1.54, 1.807) is 17.1 Å². The summed E-state index contributed by atoms with van der Waals surface area (Å²) in [6, 6.07) is 0. The number of rotatable bonds is 1. The summed E-state index contributed by atoms with van der Waals surface area (Å²) < 4.78 is 5.15. The van der Waals surface area contributed by atoms with Gasteiger partial charge in [-0.1, -0.05) is 0 Å². The van der Waals surface area contributed by atoms with Gasteiger partial charge in [-0.15, -0.1) is 0 Å². The lowest BCUT2D eigenvalue weighted by molar-refractivity contribution is 0.0729. The predicted octanol–water partition coefficient (Wildman–Crippen LogP) is 2.61. The third kappa shape index (κ3) is 2.62. The van der Waals surface area contributed by atoms with Gasteiger partial charge >= 0.3 is 5.30 Å². The van der Waals surface area contributed by atoms with Crippen LogP contribution in [-0.2, 0) is 4.74 Å². The Morgan fingerprint density at radius 3 is 2.58 bits per heavy atom. The van der Waals surface area contributed by atoms with Crippen molar-refractivity contribution in [3.63, 3.8) is 0 Å². The summed E-state index contributed by atoms with van der Waals surface area (Å²) >= 11 is 0. The van der Waals surface area contributed by atoms with Crippen LogP contribution in [-0.4, -0.2) is 15.9 Å². The molecule has 0 aliphatic rings. The first-order valence-electron chi connectivity index (χ1n) is 3.64. The second-order valence-electron chi connectivity index (χ2n) is 3.38. The van der Waals surface area contributed by atoms with E-state index in [-0.39, 0.29) is 5.30 Å². The zero-order chi connectivity index (χ0) is 9.19. The molecule has 0 fully saturated rings. The molecule has 0 saturated heterocycles. The van der Waals surface area contributed by atoms with Gasteiger partial charge in [-0.2, -0.15) is 4.79 Å². The van der Waals surface area contributed by atoms with E-state index < -0.39 is 16.1 Å². The maximum atomic E-state index is 11.3. The first-order valence-corrected chi connectivity index (χ1v) is 4.99. The average Bonchev–Trinajstić information content (AvgIpc) is 2.32. The van der Waals surface area contributed by atoms with Gasteiger partial charge in [0.05, 0.1) is 6.20 Å². The Labute approximate surface area is 74.4 Å². The second kappa shape index (κ2) is 3.23. The van der Waals surface area contributed by atoms with Crippen molar-refractivity contribution in [2.75, 3.05) is 0 Å². The molecule has 1 unspecified atom stereocenters. The molecule has 1 aromatic rings. The molecule has 1 atom stereocenters. The standard InChI is InChI=1S/C8H12NO2S/c1-8(2,3)11-7(10)12-5-4-9-6-12/h4-6H,1-3H3/q+1. The van der Waals surface area contributed by atoms with Crippen LogP contribution >= 0.6 is 10.5 Å². The molecule has 0 bridgehead atoms. The average molecular weight is 186 g/mol. The summed E-state index contributed by atoms with van der Waals surface area (Å²) in [5, 5.41) is 1.54. The first kappa shape index (κ1) is 9.19. The van der Waals surface area contributed by atoms with Crippen molar-refractivity contribution in [1.29, 1.82) is 0 Å². The Balaban J connectivity index is 2.63. The second-order valence-corrected chi connectivity index (χ2v) is 4.94. The van der Waals surface area contributed by atoms with Crippen LogP contribution < -0.4 is 0 Å². The summed E-state index contributed by atoms with van der Waals surface area (Å²) in [7, 11) is -0.552. The third-order valence-corrected chi connectivity index (χ3v) is 2.28. The largest absolute Gasteiger partial charge is 0.556 e. The van der Waals surface area contributed by atoms with E-state index in [0.717, 1.165) is 0 Å². The molecule has 0 aromatic carbocycles. The zero-order valence-electron chi connectivity index (χ0n) is 7.40. The van der Waals surface area contributed by atoms with Gasteiger partial charge in [-0.05, 0) is 20.8 Å². The van der Waals surface area contributed by atoms with Crippen molar-refractivity contribution < 1.29 is 9.53 Å². The topological polar surface area (TPSA) is 39.2 Å². The highest BCUT2D eigenvalue weighted by atomic mass is 32.2. The van der Waals surface area contributed by atoms with E-state index in [4.69, 9.17) is 4.74 Å². The number of nitrogens with zero attached hydrogens (tertiary/aromatic N) is 1. The van der Waals surface area contributed by atoms with Gasteiger partial charge < -0.3 is 4.74 Å². The number of carbonyl (C=O) groups is 1. The maximum Gasteiger partial charge on any atom is 0.556 e. The third-order valence-electron chi connectivity index (χ3n) is 1.05. The van der Waals surface area contributed by atoms with Gasteiger partial charge in [0, 0.05) is 0 Å². The highest BCUT2D eigenvalue weighted by Crippen LogP contribution is 2.21. The van der Waals surface area contributed by atoms with E-state index in [9.17, 15) is 4.79 Å². The minimum Gasteiger partial charge on any atom is -0.416 e. The van der Waals surface area contributed by atoms with Gasteiger partial charge in [0.15, 0.2) is 5.38 Å². The summed E-state index contributed by atoms with van der Waals surface area (Å²) in [4.78, 5) is 15.1. The summed E-state index contributed by atoms with van der Waals surface area (Å²) in [5.41, 5.74) is 1.20. The number of carbonyl (C=O) groups excluding carboxylic acids is 1. The molecule has 3 nitrogen and oxygen atoms in total.